The molecule has 1 fully saturated rings. The molecule has 0 aliphatic carbocycles. The molecule has 1 heterocycles. The van der Waals surface area contributed by atoms with E-state index in [1.165, 1.54) is 12.8 Å². The maximum Gasteiger partial charge on any atom is 0.253 e. The van der Waals surface area contributed by atoms with E-state index in [4.69, 9.17) is 0 Å². The van der Waals surface area contributed by atoms with Crippen LogP contribution in [0.3, 0.4) is 0 Å². The fraction of sp³-hybridized carbons (Fsp3) is 0.611. The van der Waals surface area contributed by atoms with Crippen molar-refractivity contribution in [1.29, 1.82) is 0 Å². The minimum atomic E-state index is -0.896. The number of aliphatic hydroxyl groups is 1. The Morgan fingerprint density at radius 2 is 2.00 bits per heavy atom. The maximum atomic E-state index is 12.6. The number of benzene rings is 1. The van der Waals surface area contributed by atoms with Gasteiger partial charge in [0.1, 0.15) is 0 Å². The molecular formula is C18H28N2O2. The number of hydrogen-bond acceptors (Lipinski definition) is 3. The summed E-state index contributed by atoms with van der Waals surface area (Å²) >= 11 is 0. The third-order valence-corrected chi connectivity index (χ3v) is 4.69. The topological polar surface area (TPSA) is 52.6 Å². The van der Waals surface area contributed by atoms with E-state index in [1.54, 1.807) is 6.92 Å². The number of nitrogens with zero attached hydrogens (tertiary/aromatic N) is 1. The van der Waals surface area contributed by atoms with Crippen LogP contribution < -0.4 is 10.2 Å². The zero-order valence-electron chi connectivity index (χ0n) is 14.1. The molecule has 1 saturated heterocycles. The van der Waals surface area contributed by atoms with Gasteiger partial charge in [-0.2, -0.15) is 0 Å². The van der Waals surface area contributed by atoms with Gasteiger partial charge >= 0.3 is 0 Å². The molecule has 22 heavy (non-hydrogen) atoms. The van der Waals surface area contributed by atoms with Crippen LogP contribution in [0.15, 0.2) is 18.2 Å². The van der Waals surface area contributed by atoms with E-state index >= 15 is 0 Å². The van der Waals surface area contributed by atoms with E-state index in [2.05, 4.69) is 16.3 Å². The highest BCUT2D eigenvalue weighted by atomic mass is 16.3. The third-order valence-electron chi connectivity index (χ3n) is 4.69. The standard InChI is InChI=1S/C18H28N2O2/c1-13(2)18(4,22)12-19-17(21)15-11-14(3)7-8-16(15)20-9-5-6-10-20/h7-8,11,13,22H,5-6,9-10,12H2,1-4H3,(H,19,21). The van der Waals surface area contributed by atoms with Crippen LogP contribution in [-0.2, 0) is 0 Å². The number of amides is 1. The van der Waals surface area contributed by atoms with Gasteiger partial charge in [-0.1, -0.05) is 25.5 Å². The van der Waals surface area contributed by atoms with E-state index in [1.807, 2.05) is 32.9 Å². The van der Waals surface area contributed by atoms with Gasteiger partial charge in [-0.15, -0.1) is 0 Å². The predicted octanol–water partition coefficient (Wildman–Crippen LogP) is 2.73. The predicted molar refractivity (Wildman–Crippen MR) is 90.4 cm³/mol. The van der Waals surface area contributed by atoms with Gasteiger partial charge in [-0.3, -0.25) is 4.79 Å². The van der Waals surface area contributed by atoms with Crippen LogP contribution in [0.2, 0.25) is 0 Å². The second-order valence-corrected chi connectivity index (χ2v) is 6.91. The Morgan fingerprint density at radius 3 is 2.59 bits per heavy atom. The molecule has 4 nitrogen and oxygen atoms in total. The lowest BCUT2D eigenvalue weighted by molar-refractivity contribution is 0.0142. The molecule has 1 aromatic rings. The minimum Gasteiger partial charge on any atom is -0.388 e. The van der Waals surface area contributed by atoms with Crippen molar-refractivity contribution in [2.24, 2.45) is 5.92 Å². The Labute approximate surface area is 133 Å². The van der Waals surface area contributed by atoms with Crippen LogP contribution in [0.4, 0.5) is 5.69 Å². The Hall–Kier alpha value is -1.55. The summed E-state index contributed by atoms with van der Waals surface area (Å²) < 4.78 is 0. The molecule has 1 atom stereocenters. The summed E-state index contributed by atoms with van der Waals surface area (Å²) in [6.45, 7) is 9.93. The highest BCUT2D eigenvalue weighted by Gasteiger charge is 2.26. The quantitative estimate of drug-likeness (QED) is 0.879. The van der Waals surface area contributed by atoms with Gasteiger partial charge in [0.2, 0.25) is 0 Å². The van der Waals surface area contributed by atoms with Crippen molar-refractivity contribution in [2.75, 3.05) is 24.5 Å². The summed E-state index contributed by atoms with van der Waals surface area (Å²) in [6.07, 6.45) is 2.36. The van der Waals surface area contributed by atoms with Gasteiger partial charge in [0.25, 0.3) is 5.91 Å². The van der Waals surface area contributed by atoms with Crippen molar-refractivity contribution < 1.29 is 9.90 Å². The highest BCUT2D eigenvalue weighted by molar-refractivity contribution is 6.00. The molecule has 0 bridgehead atoms. The molecule has 1 unspecified atom stereocenters. The van der Waals surface area contributed by atoms with E-state index < -0.39 is 5.60 Å². The molecule has 122 valence electrons. The fourth-order valence-electron chi connectivity index (χ4n) is 2.62. The molecule has 0 saturated carbocycles. The molecule has 0 aromatic heterocycles. The summed E-state index contributed by atoms with van der Waals surface area (Å²) in [6, 6.07) is 6.03. The molecule has 1 aliphatic rings. The Kier molecular flexibility index (Phi) is 5.12. The molecule has 1 aromatic carbocycles. The highest BCUT2D eigenvalue weighted by Crippen LogP contribution is 2.26. The second kappa shape index (κ2) is 6.69. The largest absolute Gasteiger partial charge is 0.388 e. The van der Waals surface area contributed by atoms with Crippen LogP contribution in [0.1, 0.15) is 49.5 Å². The van der Waals surface area contributed by atoms with Gasteiger partial charge in [0.15, 0.2) is 0 Å². The lowest BCUT2D eigenvalue weighted by Crippen LogP contribution is -2.44. The maximum absolute atomic E-state index is 12.6. The van der Waals surface area contributed by atoms with Gasteiger partial charge in [-0.05, 0) is 44.7 Å². The number of hydrogen-bond donors (Lipinski definition) is 2. The zero-order valence-corrected chi connectivity index (χ0v) is 14.1. The van der Waals surface area contributed by atoms with E-state index in [9.17, 15) is 9.90 Å². The first-order valence-electron chi connectivity index (χ1n) is 8.17. The lowest BCUT2D eigenvalue weighted by atomic mass is 9.92. The number of anilines is 1. The first-order valence-corrected chi connectivity index (χ1v) is 8.17. The number of aryl methyl sites for hydroxylation is 1. The minimum absolute atomic E-state index is 0.0864. The Morgan fingerprint density at radius 1 is 1.36 bits per heavy atom. The second-order valence-electron chi connectivity index (χ2n) is 6.91. The summed E-state index contributed by atoms with van der Waals surface area (Å²) in [5.74, 6) is -0.0186. The van der Waals surface area contributed by atoms with Crippen molar-refractivity contribution in [1.82, 2.24) is 5.32 Å². The summed E-state index contributed by atoms with van der Waals surface area (Å²) in [4.78, 5) is 14.9. The molecule has 0 radical (unpaired) electrons. The van der Waals surface area contributed by atoms with Crippen molar-refractivity contribution in [3.8, 4) is 0 Å². The summed E-state index contributed by atoms with van der Waals surface area (Å²) in [5.41, 5.74) is 1.89. The van der Waals surface area contributed by atoms with Crippen molar-refractivity contribution in [3.63, 3.8) is 0 Å². The van der Waals surface area contributed by atoms with Gasteiger partial charge in [0.05, 0.1) is 11.2 Å². The van der Waals surface area contributed by atoms with Crippen molar-refractivity contribution in [3.05, 3.63) is 29.3 Å². The molecule has 1 amide bonds. The molecule has 1 aliphatic heterocycles. The van der Waals surface area contributed by atoms with Gasteiger partial charge in [-0.25, -0.2) is 0 Å². The first kappa shape index (κ1) is 16.8. The molecule has 2 rings (SSSR count). The van der Waals surface area contributed by atoms with Crippen LogP contribution in [0.25, 0.3) is 0 Å². The normalized spacial score (nSPS) is 17.6. The van der Waals surface area contributed by atoms with E-state index in [0.29, 0.717) is 5.56 Å². The summed E-state index contributed by atoms with van der Waals surface area (Å²) in [7, 11) is 0. The van der Waals surface area contributed by atoms with Gasteiger partial charge in [0, 0.05) is 25.3 Å². The number of rotatable bonds is 5. The van der Waals surface area contributed by atoms with Crippen LogP contribution in [-0.4, -0.2) is 36.2 Å². The van der Waals surface area contributed by atoms with Crippen molar-refractivity contribution in [2.45, 2.75) is 46.1 Å². The number of nitrogens with one attached hydrogen (secondary N) is 1. The first-order chi connectivity index (χ1) is 10.3. The van der Waals surface area contributed by atoms with Crippen molar-refractivity contribution >= 4 is 11.6 Å². The van der Waals surface area contributed by atoms with E-state index in [-0.39, 0.29) is 18.4 Å². The number of carbonyl (C=O) groups is 1. The monoisotopic (exact) mass is 304 g/mol. The smallest absolute Gasteiger partial charge is 0.253 e. The van der Waals surface area contributed by atoms with Crippen LogP contribution in [0.5, 0.6) is 0 Å². The van der Waals surface area contributed by atoms with Crippen LogP contribution >= 0.6 is 0 Å². The molecular weight excluding hydrogens is 276 g/mol. The Balaban J connectivity index is 2.16. The third kappa shape index (κ3) is 3.80. The molecule has 4 heteroatoms. The van der Waals surface area contributed by atoms with Crippen LogP contribution in [0, 0.1) is 12.8 Å². The molecule has 2 N–H and O–H groups in total. The average Bonchev–Trinajstić information content (AvgIpc) is 2.98. The fourth-order valence-corrected chi connectivity index (χ4v) is 2.62. The average molecular weight is 304 g/mol. The molecule has 0 spiro atoms. The Bertz CT molecular complexity index is 532. The SMILES string of the molecule is Cc1ccc(N2CCCC2)c(C(=O)NCC(C)(O)C(C)C)c1. The lowest BCUT2D eigenvalue weighted by Gasteiger charge is -2.28. The van der Waals surface area contributed by atoms with E-state index in [0.717, 1.165) is 24.3 Å². The zero-order chi connectivity index (χ0) is 16.3. The number of carbonyl (C=O) groups excluding carboxylic acids is 1. The van der Waals surface area contributed by atoms with Gasteiger partial charge < -0.3 is 15.3 Å². The summed E-state index contributed by atoms with van der Waals surface area (Å²) in [5, 5.41) is 13.2.